The molecule has 2 amide bonds. The highest BCUT2D eigenvalue weighted by Gasteiger charge is 2.36. The Morgan fingerprint density at radius 1 is 1.27 bits per heavy atom. The molecule has 0 radical (unpaired) electrons. The molecule has 1 N–H and O–H groups in total. The van der Waals surface area contributed by atoms with E-state index in [4.69, 9.17) is 0 Å². The first-order valence-electron chi connectivity index (χ1n) is 9.63. The maximum absolute atomic E-state index is 13.9. The summed E-state index contributed by atoms with van der Waals surface area (Å²) in [5, 5.41) is 0.484. The van der Waals surface area contributed by atoms with E-state index in [9.17, 15) is 18.8 Å². The van der Waals surface area contributed by atoms with E-state index < -0.39 is 11.7 Å². The predicted octanol–water partition coefficient (Wildman–Crippen LogP) is 2.38. The lowest BCUT2D eigenvalue weighted by atomic mass is 10.1. The van der Waals surface area contributed by atoms with Gasteiger partial charge in [-0.3, -0.25) is 14.4 Å². The first kappa shape index (κ1) is 19.8. The number of carbonyl (C=O) groups excluding carboxylic acids is 2. The smallest absolute Gasteiger partial charge is 0.258 e. The second kappa shape index (κ2) is 7.70. The zero-order valence-corrected chi connectivity index (χ0v) is 16.7. The largest absolute Gasteiger partial charge is 0.338 e. The van der Waals surface area contributed by atoms with Gasteiger partial charge < -0.3 is 14.8 Å². The Morgan fingerprint density at radius 3 is 2.80 bits per heavy atom. The summed E-state index contributed by atoms with van der Waals surface area (Å²) in [6.07, 6.45) is 0.0559. The fraction of sp³-hybridized carbons (Fsp3) is 0.273. The molecule has 4 rings (SSSR count). The molecule has 0 unspecified atom stereocenters. The molecule has 1 fully saturated rings. The van der Waals surface area contributed by atoms with Crippen LogP contribution in [-0.4, -0.2) is 40.3 Å². The first-order valence-corrected chi connectivity index (χ1v) is 9.63. The van der Waals surface area contributed by atoms with Crippen LogP contribution in [0.5, 0.6) is 0 Å². The number of aromatic amines is 1. The van der Waals surface area contributed by atoms with Crippen molar-refractivity contribution >= 4 is 28.4 Å². The summed E-state index contributed by atoms with van der Waals surface area (Å²) in [4.78, 5) is 47.5. The summed E-state index contributed by atoms with van der Waals surface area (Å²) >= 11 is 0. The highest BCUT2D eigenvalue weighted by Crippen LogP contribution is 2.27. The molecule has 1 saturated heterocycles. The van der Waals surface area contributed by atoms with Gasteiger partial charge in [0.25, 0.3) is 5.56 Å². The number of H-pyrrole nitrogens is 1. The number of benzene rings is 2. The Labute approximate surface area is 172 Å². The number of nitrogens with zero attached hydrogens (tertiary/aromatic N) is 3. The summed E-state index contributed by atoms with van der Waals surface area (Å²) in [6.45, 7) is 1.95. The molecule has 8 heteroatoms. The number of rotatable bonds is 4. The van der Waals surface area contributed by atoms with Crippen molar-refractivity contribution in [3.05, 3.63) is 70.0 Å². The van der Waals surface area contributed by atoms with Gasteiger partial charge in [0.1, 0.15) is 11.6 Å². The third-order valence-electron chi connectivity index (χ3n) is 5.37. The van der Waals surface area contributed by atoms with E-state index in [2.05, 4.69) is 9.97 Å². The average Bonchev–Trinajstić information content (AvgIpc) is 3.11. The minimum absolute atomic E-state index is 0.0559. The third-order valence-corrected chi connectivity index (χ3v) is 5.37. The quantitative estimate of drug-likeness (QED) is 0.718. The first-order chi connectivity index (χ1) is 14.3. The van der Waals surface area contributed by atoms with Gasteiger partial charge >= 0.3 is 0 Å². The van der Waals surface area contributed by atoms with E-state index in [0.717, 1.165) is 0 Å². The molecule has 3 aromatic rings. The van der Waals surface area contributed by atoms with Gasteiger partial charge in [0, 0.05) is 25.7 Å². The molecule has 0 bridgehead atoms. The molecule has 7 nitrogen and oxygen atoms in total. The van der Waals surface area contributed by atoms with Gasteiger partial charge in [-0.15, -0.1) is 0 Å². The molecule has 1 atom stereocenters. The van der Waals surface area contributed by atoms with Gasteiger partial charge in [0.2, 0.25) is 11.8 Å². The third kappa shape index (κ3) is 3.68. The van der Waals surface area contributed by atoms with Crippen molar-refractivity contribution in [2.75, 3.05) is 18.5 Å². The molecule has 1 aromatic heterocycles. The lowest BCUT2D eigenvalue weighted by Gasteiger charge is -2.21. The summed E-state index contributed by atoms with van der Waals surface area (Å²) in [5.74, 6) is -1.01. The molecule has 1 aliphatic heterocycles. The van der Waals surface area contributed by atoms with Gasteiger partial charge in [-0.1, -0.05) is 18.2 Å². The average molecular weight is 408 g/mol. The lowest BCUT2D eigenvalue weighted by molar-refractivity contribution is -0.135. The number of halogens is 1. The van der Waals surface area contributed by atoms with Crippen molar-refractivity contribution < 1.29 is 14.0 Å². The Kier molecular flexibility index (Phi) is 5.07. The van der Waals surface area contributed by atoms with Gasteiger partial charge in [-0.05, 0) is 36.8 Å². The predicted molar refractivity (Wildman–Crippen MR) is 110 cm³/mol. The van der Waals surface area contributed by atoms with Crippen LogP contribution < -0.4 is 10.5 Å². The minimum Gasteiger partial charge on any atom is -0.338 e. The van der Waals surface area contributed by atoms with E-state index in [1.54, 1.807) is 50.4 Å². The van der Waals surface area contributed by atoms with Crippen LogP contribution in [0.3, 0.4) is 0 Å². The second-order valence-electron chi connectivity index (χ2n) is 7.56. The summed E-state index contributed by atoms with van der Waals surface area (Å²) in [6, 6.07) is 11.6. The Bertz CT molecular complexity index is 1210. The summed E-state index contributed by atoms with van der Waals surface area (Å²) in [7, 11) is 1.61. The molecule has 2 aromatic carbocycles. The van der Waals surface area contributed by atoms with Crippen LogP contribution in [0, 0.1) is 18.7 Å². The maximum atomic E-state index is 13.9. The molecule has 0 aliphatic carbocycles. The topological polar surface area (TPSA) is 86.4 Å². The fourth-order valence-corrected chi connectivity index (χ4v) is 3.70. The van der Waals surface area contributed by atoms with Crippen molar-refractivity contribution in [3.8, 4) is 0 Å². The van der Waals surface area contributed by atoms with Crippen molar-refractivity contribution in [2.45, 2.75) is 19.9 Å². The van der Waals surface area contributed by atoms with E-state index in [1.165, 1.54) is 15.9 Å². The standard InChI is InChI=1S/C22H21FN4O3/c1-13-7-8-15(10-17(13)23)27-11-14(9-20(27)28)22(30)26(2)12-19-24-18-6-4-3-5-16(18)21(29)25-19/h3-8,10,14H,9,11-12H2,1-2H3,(H,24,25,29)/t14-/m0/s1. The SMILES string of the molecule is Cc1ccc(N2C[C@@H](C(=O)N(C)Cc3nc4ccccc4c(=O)[nH]3)CC2=O)cc1F. The number of fused-ring (bicyclic) bond motifs is 1. The maximum Gasteiger partial charge on any atom is 0.258 e. The number of aryl methyl sites for hydroxylation is 1. The zero-order chi connectivity index (χ0) is 21.4. The van der Waals surface area contributed by atoms with E-state index in [0.29, 0.717) is 28.0 Å². The van der Waals surface area contributed by atoms with Crippen molar-refractivity contribution in [2.24, 2.45) is 5.92 Å². The fourth-order valence-electron chi connectivity index (χ4n) is 3.70. The molecule has 0 spiro atoms. The molecular formula is C22H21FN4O3. The number of amides is 2. The normalized spacial score (nSPS) is 16.3. The molecule has 1 aliphatic rings. The van der Waals surface area contributed by atoms with Crippen LogP contribution in [0.2, 0.25) is 0 Å². The number of hydrogen-bond acceptors (Lipinski definition) is 4. The number of carbonyl (C=O) groups is 2. The van der Waals surface area contributed by atoms with Crippen molar-refractivity contribution in [3.63, 3.8) is 0 Å². The number of nitrogens with one attached hydrogen (secondary N) is 1. The van der Waals surface area contributed by atoms with Gasteiger partial charge in [-0.2, -0.15) is 0 Å². The van der Waals surface area contributed by atoms with Crippen LogP contribution in [0.4, 0.5) is 10.1 Å². The van der Waals surface area contributed by atoms with Gasteiger partial charge in [0.05, 0.1) is 23.4 Å². The number of hydrogen-bond donors (Lipinski definition) is 1. The summed E-state index contributed by atoms with van der Waals surface area (Å²) < 4.78 is 13.9. The highest BCUT2D eigenvalue weighted by atomic mass is 19.1. The number of para-hydroxylation sites is 1. The van der Waals surface area contributed by atoms with Crippen LogP contribution >= 0.6 is 0 Å². The monoisotopic (exact) mass is 408 g/mol. The zero-order valence-electron chi connectivity index (χ0n) is 16.7. The molecule has 30 heavy (non-hydrogen) atoms. The Hall–Kier alpha value is -3.55. The van der Waals surface area contributed by atoms with E-state index >= 15 is 0 Å². The Morgan fingerprint density at radius 2 is 2.03 bits per heavy atom. The Balaban J connectivity index is 1.48. The van der Waals surface area contributed by atoms with Gasteiger partial charge in [0.15, 0.2) is 0 Å². The molecular weight excluding hydrogens is 387 g/mol. The number of anilines is 1. The molecule has 0 saturated carbocycles. The summed E-state index contributed by atoms with van der Waals surface area (Å²) in [5.41, 5.74) is 1.23. The van der Waals surface area contributed by atoms with E-state index in [-0.39, 0.29) is 36.9 Å². The van der Waals surface area contributed by atoms with Crippen LogP contribution in [0.1, 0.15) is 17.8 Å². The van der Waals surface area contributed by atoms with Crippen LogP contribution in [0.25, 0.3) is 10.9 Å². The minimum atomic E-state index is -0.543. The van der Waals surface area contributed by atoms with E-state index in [1.807, 2.05) is 0 Å². The van der Waals surface area contributed by atoms with Gasteiger partial charge in [-0.25, -0.2) is 9.37 Å². The molecule has 154 valence electrons. The van der Waals surface area contributed by atoms with Crippen molar-refractivity contribution in [1.82, 2.24) is 14.9 Å². The molecule has 2 heterocycles. The second-order valence-corrected chi connectivity index (χ2v) is 7.56. The van der Waals surface area contributed by atoms with Crippen LogP contribution in [-0.2, 0) is 16.1 Å². The lowest BCUT2D eigenvalue weighted by Crippen LogP contribution is -2.35. The van der Waals surface area contributed by atoms with Crippen molar-refractivity contribution in [1.29, 1.82) is 0 Å². The number of aromatic nitrogens is 2. The highest BCUT2D eigenvalue weighted by molar-refractivity contribution is 6.00. The van der Waals surface area contributed by atoms with Crippen LogP contribution in [0.15, 0.2) is 47.3 Å².